The van der Waals surface area contributed by atoms with Crippen LogP contribution in [-0.4, -0.2) is 41.0 Å². The Hall–Kier alpha value is -2.64. The van der Waals surface area contributed by atoms with E-state index in [1.807, 2.05) is 43.3 Å². The number of carbonyl (C=O) groups is 1. The maximum Gasteiger partial charge on any atom is 0.262 e. The molecule has 0 fully saturated rings. The fourth-order valence-electron chi connectivity index (χ4n) is 3.13. The molecule has 0 aliphatic heterocycles. The summed E-state index contributed by atoms with van der Waals surface area (Å²) in [5, 5.41) is 3.71. The van der Waals surface area contributed by atoms with E-state index in [2.05, 4.69) is 29.4 Å². The minimum Gasteiger partial charge on any atom is -0.383 e. The lowest BCUT2D eigenvalue weighted by Gasteiger charge is -2.18. The molecule has 1 heterocycles. The Balaban J connectivity index is 1.74. The van der Waals surface area contributed by atoms with Crippen LogP contribution < -0.4 is 10.9 Å². The summed E-state index contributed by atoms with van der Waals surface area (Å²) in [6.45, 7) is 5.24. The highest BCUT2D eigenvalue weighted by molar-refractivity contribution is 8.00. The first-order valence-corrected chi connectivity index (χ1v) is 10.9. The van der Waals surface area contributed by atoms with Crippen LogP contribution in [0.3, 0.4) is 0 Å². The van der Waals surface area contributed by atoms with Crippen molar-refractivity contribution in [3.63, 3.8) is 0 Å². The van der Waals surface area contributed by atoms with E-state index in [0.717, 1.165) is 0 Å². The van der Waals surface area contributed by atoms with Crippen molar-refractivity contribution in [3.8, 4) is 0 Å². The van der Waals surface area contributed by atoms with Gasteiger partial charge in [-0.3, -0.25) is 14.2 Å². The monoisotopic (exact) mass is 425 g/mol. The molecule has 158 valence electrons. The maximum atomic E-state index is 12.9. The van der Waals surface area contributed by atoms with Gasteiger partial charge in [-0.25, -0.2) is 4.98 Å². The second-order valence-corrected chi connectivity index (χ2v) is 8.49. The molecule has 0 unspecified atom stereocenters. The molecule has 0 saturated carbocycles. The molecule has 6 nitrogen and oxygen atoms in total. The zero-order valence-corrected chi connectivity index (χ0v) is 18.3. The minimum atomic E-state index is -0.394. The molecule has 2 atom stereocenters. The second kappa shape index (κ2) is 10.4. The number of ether oxygens (including phenoxy) is 1. The van der Waals surface area contributed by atoms with E-state index in [-0.39, 0.29) is 17.4 Å². The predicted molar refractivity (Wildman–Crippen MR) is 121 cm³/mol. The van der Waals surface area contributed by atoms with E-state index >= 15 is 0 Å². The number of rotatable bonds is 9. The Morgan fingerprint density at radius 2 is 1.83 bits per heavy atom. The predicted octanol–water partition coefficient (Wildman–Crippen LogP) is 3.44. The third-order valence-corrected chi connectivity index (χ3v) is 6.04. The van der Waals surface area contributed by atoms with E-state index in [1.165, 1.54) is 17.3 Å². The molecule has 0 bridgehead atoms. The molecule has 0 aliphatic carbocycles. The fraction of sp³-hybridized carbons (Fsp3) is 0.348. The number of methoxy groups -OCH3 is 1. The average Bonchev–Trinajstić information content (AvgIpc) is 2.77. The van der Waals surface area contributed by atoms with Crippen LogP contribution in [0.4, 0.5) is 0 Å². The SMILES string of the molecule is COCCn1c(S[C@@H](C)C(=O)NC[C@H](C)c2ccccc2)nc2ccccc2c1=O. The van der Waals surface area contributed by atoms with E-state index in [1.54, 1.807) is 17.7 Å². The number of nitrogens with zero attached hydrogens (tertiary/aromatic N) is 2. The van der Waals surface area contributed by atoms with Crippen LogP contribution >= 0.6 is 11.8 Å². The quantitative estimate of drug-likeness (QED) is 0.420. The summed E-state index contributed by atoms with van der Waals surface area (Å²) < 4.78 is 6.74. The van der Waals surface area contributed by atoms with Crippen molar-refractivity contribution in [3.05, 3.63) is 70.5 Å². The molecular formula is C23H27N3O3S. The number of nitrogens with one attached hydrogen (secondary N) is 1. The highest BCUT2D eigenvalue weighted by Gasteiger charge is 2.20. The first-order chi connectivity index (χ1) is 14.5. The van der Waals surface area contributed by atoms with Crippen LogP contribution in [0.15, 0.2) is 64.5 Å². The number of hydrogen-bond acceptors (Lipinski definition) is 5. The number of fused-ring (bicyclic) bond motifs is 1. The summed E-state index contributed by atoms with van der Waals surface area (Å²) in [5.41, 5.74) is 1.69. The highest BCUT2D eigenvalue weighted by Crippen LogP contribution is 2.23. The number of thioether (sulfide) groups is 1. The largest absolute Gasteiger partial charge is 0.383 e. The molecule has 1 N–H and O–H groups in total. The molecule has 1 amide bonds. The van der Waals surface area contributed by atoms with Crippen molar-refractivity contribution in [2.24, 2.45) is 0 Å². The molecule has 30 heavy (non-hydrogen) atoms. The Morgan fingerprint density at radius 3 is 2.57 bits per heavy atom. The van der Waals surface area contributed by atoms with E-state index in [9.17, 15) is 9.59 Å². The van der Waals surface area contributed by atoms with Gasteiger partial charge in [0, 0.05) is 13.7 Å². The number of hydrogen-bond donors (Lipinski definition) is 1. The zero-order chi connectivity index (χ0) is 21.5. The van der Waals surface area contributed by atoms with Crippen LogP contribution in [-0.2, 0) is 16.1 Å². The summed E-state index contributed by atoms with van der Waals surface area (Å²) >= 11 is 1.29. The Kier molecular flexibility index (Phi) is 7.65. The molecule has 7 heteroatoms. The fourth-order valence-corrected chi connectivity index (χ4v) is 4.08. The van der Waals surface area contributed by atoms with Gasteiger partial charge in [-0.15, -0.1) is 0 Å². The van der Waals surface area contributed by atoms with Crippen LogP contribution in [0.25, 0.3) is 10.9 Å². The Labute approximate surface area is 180 Å². The first kappa shape index (κ1) is 22.1. The second-order valence-electron chi connectivity index (χ2n) is 7.18. The van der Waals surface area contributed by atoms with Gasteiger partial charge in [0.2, 0.25) is 5.91 Å². The molecule has 0 saturated heterocycles. The van der Waals surface area contributed by atoms with Crippen molar-refractivity contribution in [1.82, 2.24) is 14.9 Å². The Bertz CT molecular complexity index is 1050. The van der Waals surface area contributed by atoms with Crippen LogP contribution in [0.5, 0.6) is 0 Å². The van der Waals surface area contributed by atoms with Gasteiger partial charge in [0.25, 0.3) is 5.56 Å². The van der Waals surface area contributed by atoms with Gasteiger partial charge >= 0.3 is 0 Å². The van der Waals surface area contributed by atoms with Crippen molar-refractivity contribution < 1.29 is 9.53 Å². The normalized spacial score (nSPS) is 13.2. The summed E-state index contributed by atoms with van der Waals surface area (Å²) in [5.74, 6) is 0.134. The summed E-state index contributed by atoms with van der Waals surface area (Å²) in [4.78, 5) is 30.3. The zero-order valence-electron chi connectivity index (χ0n) is 17.5. The average molecular weight is 426 g/mol. The van der Waals surface area contributed by atoms with Crippen LogP contribution in [0, 0.1) is 0 Å². The summed E-state index contributed by atoms with van der Waals surface area (Å²) in [6, 6.07) is 17.3. The number of para-hydroxylation sites is 1. The van der Waals surface area contributed by atoms with Crippen LogP contribution in [0.2, 0.25) is 0 Å². The standard InChI is InChI=1S/C23H27N3O3S/c1-16(18-9-5-4-6-10-18)15-24-21(27)17(2)30-23-25-20-12-8-7-11-19(20)22(28)26(23)13-14-29-3/h4-12,16-17H,13-15H2,1-3H3,(H,24,27)/t16-,17-/m0/s1. The topological polar surface area (TPSA) is 73.2 Å². The van der Waals surface area contributed by atoms with Crippen molar-refractivity contribution in [2.45, 2.75) is 36.7 Å². The van der Waals surface area contributed by atoms with Gasteiger partial charge in [-0.1, -0.05) is 61.2 Å². The van der Waals surface area contributed by atoms with Gasteiger partial charge in [-0.05, 0) is 30.5 Å². The molecule has 1 aromatic heterocycles. The first-order valence-electron chi connectivity index (χ1n) is 9.99. The lowest BCUT2D eigenvalue weighted by atomic mass is 10.0. The Morgan fingerprint density at radius 1 is 1.13 bits per heavy atom. The van der Waals surface area contributed by atoms with Crippen molar-refractivity contribution in [2.75, 3.05) is 20.3 Å². The molecule has 0 radical (unpaired) electrons. The molecule has 3 aromatic rings. The number of aromatic nitrogens is 2. The van der Waals surface area contributed by atoms with Gasteiger partial charge in [0.15, 0.2) is 5.16 Å². The molecule has 0 spiro atoms. The molecule has 2 aromatic carbocycles. The minimum absolute atomic E-state index is 0.0801. The maximum absolute atomic E-state index is 12.9. The third kappa shape index (κ3) is 5.29. The van der Waals surface area contributed by atoms with Gasteiger partial charge in [0.05, 0.1) is 29.3 Å². The van der Waals surface area contributed by atoms with E-state index in [0.29, 0.717) is 35.8 Å². The van der Waals surface area contributed by atoms with Gasteiger partial charge in [-0.2, -0.15) is 0 Å². The van der Waals surface area contributed by atoms with Gasteiger partial charge < -0.3 is 10.1 Å². The van der Waals surface area contributed by atoms with Gasteiger partial charge in [0.1, 0.15) is 0 Å². The summed E-state index contributed by atoms with van der Waals surface area (Å²) in [6.07, 6.45) is 0. The number of benzene rings is 2. The summed E-state index contributed by atoms with van der Waals surface area (Å²) in [7, 11) is 1.59. The number of carbonyl (C=O) groups excluding carboxylic acids is 1. The highest BCUT2D eigenvalue weighted by atomic mass is 32.2. The molecular weight excluding hydrogens is 398 g/mol. The lowest BCUT2D eigenvalue weighted by molar-refractivity contribution is -0.120. The third-order valence-electron chi connectivity index (χ3n) is 4.95. The smallest absolute Gasteiger partial charge is 0.262 e. The molecule has 0 aliphatic rings. The van der Waals surface area contributed by atoms with Crippen molar-refractivity contribution >= 4 is 28.6 Å². The number of amides is 1. The lowest BCUT2D eigenvalue weighted by Crippen LogP contribution is -2.34. The molecule has 3 rings (SSSR count). The van der Waals surface area contributed by atoms with Crippen molar-refractivity contribution in [1.29, 1.82) is 0 Å². The van der Waals surface area contributed by atoms with Crippen LogP contribution in [0.1, 0.15) is 25.3 Å². The van der Waals surface area contributed by atoms with E-state index in [4.69, 9.17) is 4.74 Å². The van der Waals surface area contributed by atoms with E-state index < -0.39 is 5.25 Å².